The smallest absolute Gasteiger partial charge is 0.239 e. The molecule has 0 N–H and O–H groups in total. The molecule has 224 valence electrons. The summed E-state index contributed by atoms with van der Waals surface area (Å²) in [5.74, 6) is 1.88. The maximum atomic E-state index is 5.31. The Morgan fingerprint density at radius 1 is 0.479 bits per heavy atom. The molecule has 7 heteroatoms. The monoisotopic (exact) mass is 649 g/mol. The SMILES string of the molecule is c1ccc(-c2nc(-c3ccc4sc5ccccc5c4c3)nc(-n3c4ccccc4c4c5cccc6c5n(c43)-c3ccccc3S6)n2)cc1. The van der Waals surface area contributed by atoms with E-state index in [1.807, 2.05) is 41.3 Å². The molecule has 0 bridgehead atoms. The Labute approximate surface area is 282 Å². The van der Waals surface area contributed by atoms with Crippen LogP contribution in [0.25, 0.3) is 87.4 Å². The quantitative estimate of drug-likeness (QED) is 0.191. The van der Waals surface area contributed by atoms with E-state index in [2.05, 4.69) is 130 Å². The Morgan fingerprint density at radius 3 is 2.10 bits per heavy atom. The van der Waals surface area contributed by atoms with Crippen LogP contribution < -0.4 is 0 Å². The van der Waals surface area contributed by atoms with Crippen molar-refractivity contribution in [2.75, 3.05) is 0 Å². The van der Waals surface area contributed by atoms with E-state index < -0.39 is 0 Å². The Balaban J connectivity index is 1.27. The van der Waals surface area contributed by atoms with Gasteiger partial charge in [0.05, 0.1) is 16.7 Å². The summed E-state index contributed by atoms with van der Waals surface area (Å²) in [4.78, 5) is 18.1. The van der Waals surface area contributed by atoms with Crippen LogP contribution in [0.1, 0.15) is 0 Å². The van der Waals surface area contributed by atoms with Crippen LogP contribution in [0.5, 0.6) is 0 Å². The van der Waals surface area contributed by atoms with E-state index in [1.165, 1.54) is 51.6 Å². The molecule has 0 radical (unpaired) electrons. The number of benzene rings is 6. The van der Waals surface area contributed by atoms with E-state index in [9.17, 15) is 0 Å². The van der Waals surface area contributed by atoms with Gasteiger partial charge in [-0.25, -0.2) is 4.98 Å². The summed E-state index contributed by atoms with van der Waals surface area (Å²) in [6.07, 6.45) is 0. The number of aromatic nitrogens is 5. The Bertz CT molecular complexity index is 2930. The fourth-order valence-corrected chi connectivity index (χ4v) is 9.48. The maximum absolute atomic E-state index is 5.31. The molecule has 10 aromatic rings. The molecule has 1 aliphatic heterocycles. The number of hydrogen-bond acceptors (Lipinski definition) is 5. The predicted octanol–water partition coefficient (Wildman–Crippen LogP) is 11.1. The minimum atomic E-state index is 0.594. The molecule has 0 unspecified atom stereocenters. The summed E-state index contributed by atoms with van der Waals surface area (Å²) in [7, 11) is 0. The van der Waals surface area contributed by atoms with Crippen LogP contribution in [0.3, 0.4) is 0 Å². The number of thiophene rings is 1. The summed E-state index contributed by atoms with van der Waals surface area (Å²) >= 11 is 3.65. The molecule has 0 spiro atoms. The lowest BCUT2D eigenvalue weighted by molar-refractivity contribution is 0.927. The molecule has 0 fully saturated rings. The van der Waals surface area contributed by atoms with Crippen LogP contribution in [-0.2, 0) is 0 Å². The molecule has 0 saturated heterocycles. The summed E-state index contributed by atoms with van der Waals surface area (Å²) in [5.41, 5.74) is 6.41. The fraction of sp³-hybridized carbons (Fsp3) is 0. The first kappa shape index (κ1) is 26.3. The molecule has 0 atom stereocenters. The Hall–Kier alpha value is -5.76. The highest BCUT2D eigenvalue weighted by Gasteiger charge is 2.28. The van der Waals surface area contributed by atoms with Gasteiger partial charge in [0.25, 0.3) is 0 Å². The molecule has 1 aliphatic rings. The predicted molar refractivity (Wildman–Crippen MR) is 199 cm³/mol. The minimum absolute atomic E-state index is 0.594. The van der Waals surface area contributed by atoms with Crippen LogP contribution >= 0.6 is 23.1 Å². The maximum Gasteiger partial charge on any atom is 0.239 e. The van der Waals surface area contributed by atoms with Gasteiger partial charge in [-0.05, 0) is 48.5 Å². The van der Waals surface area contributed by atoms with Crippen LogP contribution in [0.2, 0.25) is 0 Å². The van der Waals surface area contributed by atoms with Crippen molar-refractivity contribution < 1.29 is 0 Å². The van der Waals surface area contributed by atoms with E-state index in [0.29, 0.717) is 17.6 Å². The van der Waals surface area contributed by atoms with Gasteiger partial charge in [0, 0.05) is 57.2 Å². The number of nitrogens with zero attached hydrogens (tertiary/aromatic N) is 5. The molecule has 6 aromatic carbocycles. The van der Waals surface area contributed by atoms with Crippen molar-refractivity contribution in [3.63, 3.8) is 0 Å². The molecule has 0 aliphatic carbocycles. The summed E-state index contributed by atoms with van der Waals surface area (Å²) in [6, 6.07) is 49.3. The van der Waals surface area contributed by atoms with Crippen molar-refractivity contribution in [1.29, 1.82) is 0 Å². The van der Waals surface area contributed by atoms with Gasteiger partial charge in [-0.1, -0.05) is 103 Å². The molecular formula is C41H23N5S2. The van der Waals surface area contributed by atoms with E-state index in [1.54, 1.807) is 0 Å². The minimum Gasteiger partial charge on any atom is -0.293 e. The van der Waals surface area contributed by atoms with Gasteiger partial charge in [-0.3, -0.25) is 9.13 Å². The van der Waals surface area contributed by atoms with Crippen molar-refractivity contribution in [3.8, 4) is 34.4 Å². The van der Waals surface area contributed by atoms with Gasteiger partial charge >= 0.3 is 0 Å². The molecule has 5 heterocycles. The van der Waals surface area contributed by atoms with Gasteiger partial charge in [-0.15, -0.1) is 11.3 Å². The Morgan fingerprint density at radius 2 is 1.19 bits per heavy atom. The van der Waals surface area contributed by atoms with Crippen molar-refractivity contribution in [2.45, 2.75) is 9.79 Å². The van der Waals surface area contributed by atoms with E-state index in [0.717, 1.165) is 28.0 Å². The van der Waals surface area contributed by atoms with Gasteiger partial charge in [0.2, 0.25) is 5.95 Å². The summed E-state index contributed by atoms with van der Waals surface area (Å²) in [5, 5.41) is 6.07. The van der Waals surface area contributed by atoms with Crippen molar-refractivity contribution in [2.24, 2.45) is 0 Å². The van der Waals surface area contributed by atoms with E-state index >= 15 is 0 Å². The van der Waals surface area contributed by atoms with Crippen molar-refractivity contribution in [1.82, 2.24) is 24.1 Å². The Kier molecular flexibility index (Phi) is 5.41. The van der Waals surface area contributed by atoms with Gasteiger partial charge in [-0.2, -0.15) is 9.97 Å². The van der Waals surface area contributed by atoms with Gasteiger partial charge < -0.3 is 0 Å². The third kappa shape index (κ3) is 3.65. The second-order valence-corrected chi connectivity index (χ2v) is 14.2. The zero-order valence-electron chi connectivity index (χ0n) is 25.3. The molecule has 0 saturated carbocycles. The highest BCUT2D eigenvalue weighted by atomic mass is 32.2. The zero-order valence-corrected chi connectivity index (χ0v) is 27.0. The van der Waals surface area contributed by atoms with Crippen LogP contribution in [0.15, 0.2) is 149 Å². The van der Waals surface area contributed by atoms with Crippen LogP contribution in [-0.4, -0.2) is 24.1 Å². The number of hydrogen-bond donors (Lipinski definition) is 0. The lowest BCUT2D eigenvalue weighted by atomic mass is 10.1. The van der Waals surface area contributed by atoms with Gasteiger partial charge in [0.1, 0.15) is 5.65 Å². The van der Waals surface area contributed by atoms with Crippen LogP contribution in [0, 0.1) is 0 Å². The van der Waals surface area contributed by atoms with Gasteiger partial charge in [0.15, 0.2) is 11.6 Å². The fourth-order valence-electron chi connectivity index (χ4n) is 7.31. The average Bonchev–Trinajstić information content (AvgIpc) is 3.80. The highest BCUT2D eigenvalue weighted by Crippen LogP contribution is 2.49. The molecule has 48 heavy (non-hydrogen) atoms. The normalized spacial score (nSPS) is 12.5. The zero-order chi connectivity index (χ0) is 31.3. The number of rotatable bonds is 3. The number of para-hydroxylation sites is 3. The largest absolute Gasteiger partial charge is 0.293 e. The molecule has 4 aromatic heterocycles. The molecule has 0 amide bonds. The summed E-state index contributed by atoms with van der Waals surface area (Å²) < 4.78 is 7.19. The third-order valence-corrected chi connectivity index (χ3v) is 11.6. The van der Waals surface area contributed by atoms with Crippen LogP contribution in [0.4, 0.5) is 0 Å². The molecule has 5 nitrogen and oxygen atoms in total. The second-order valence-electron chi connectivity index (χ2n) is 12.1. The molecule has 11 rings (SSSR count). The van der Waals surface area contributed by atoms with E-state index in [-0.39, 0.29) is 0 Å². The first-order valence-corrected chi connectivity index (χ1v) is 17.5. The second kappa shape index (κ2) is 9.87. The van der Waals surface area contributed by atoms with Crippen molar-refractivity contribution >= 4 is 76.1 Å². The highest BCUT2D eigenvalue weighted by molar-refractivity contribution is 7.99. The lowest BCUT2D eigenvalue weighted by Gasteiger charge is -2.20. The third-order valence-electron chi connectivity index (χ3n) is 9.37. The number of fused-ring (bicyclic) bond motifs is 10. The topological polar surface area (TPSA) is 48.5 Å². The average molecular weight is 650 g/mol. The van der Waals surface area contributed by atoms with E-state index in [4.69, 9.17) is 15.0 Å². The lowest BCUT2D eigenvalue weighted by Crippen LogP contribution is -2.10. The van der Waals surface area contributed by atoms with Crippen molar-refractivity contribution in [3.05, 3.63) is 140 Å². The molecular weight excluding hydrogens is 627 g/mol. The standard InChI is InChI=1S/C41H23N5S2/c1-2-11-24(12-3-1)38-42-39(25-21-22-33-29(23-25)26-13-5-8-18-32(26)47-33)44-41(43-38)46-30-16-6-4-14-27(30)36-28-15-10-20-35-37(28)45(40(36)46)31-17-7-9-19-34(31)48-35/h1-23H. The summed E-state index contributed by atoms with van der Waals surface area (Å²) in [6.45, 7) is 0. The first-order valence-electron chi connectivity index (χ1n) is 15.9. The first-order chi connectivity index (χ1) is 23.8.